The number of benzene rings is 4. The maximum Gasteiger partial charge on any atom is 0.403 e. The average Bonchev–Trinajstić information content (AvgIpc) is 1.56. The van der Waals surface area contributed by atoms with Crippen molar-refractivity contribution in [3.05, 3.63) is 95.1 Å². The Kier molecular flexibility index (Phi) is 68.4. The molecule has 118 heavy (non-hydrogen) atoms. The van der Waals surface area contributed by atoms with E-state index in [1.54, 1.807) is 0 Å². The first kappa shape index (κ1) is 113. The van der Waals surface area contributed by atoms with Crippen LogP contribution < -0.4 is 87.5 Å². The first-order chi connectivity index (χ1) is 56.5. The van der Waals surface area contributed by atoms with E-state index >= 15 is 0 Å². The summed E-state index contributed by atoms with van der Waals surface area (Å²) in [4.78, 5) is 0. The summed E-state index contributed by atoms with van der Waals surface area (Å²) >= 11 is 66.2. The van der Waals surface area contributed by atoms with Gasteiger partial charge in [0.2, 0.25) is 0 Å². The second kappa shape index (κ2) is 71.5. The molecule has 0 aliphatic heterocycles. The van der Waals surface area contributed by atoms with Crippen LogP contribution in [-0.4, -0.2) is 98.7 Å². The minimum Gasteiger partial charge on any atom is -0.377 e. The second-order valence-corrected chi connectivity index (χ2v) is 34.5. The van der Waals surface area contributed by atoms with Crippen LogP contribution in [0, 0.1) is 162 Å². The van der Waals surface area contributed by atoms with Crippen LogP contribution in [0.5, 0.6) is 0 Å². The zero-order valence-electron chi connectivity index (χ0n) is 65.1. The summed E-state index contributed by atoms with van der Waals surface area (Å²) in [6.07, 6.45) is 16.9. The fraction of sp³-hybridized carbons (Fsp3) is 0.487. The third-order valence-electron chi connectivity index (χ3n) is 18.1. The highest BCUT2D eigenvalue weighted by atomic mass is 35.5. The molecule has 636 valence electrons. The molecular weight excluding hydrogens is 1810 g/mol. The molecule has 0 bridgehead atoms. The molecule has 24 nitrogen and oxygen atoms in total. The van der Waals surface area contributed by atoms with Crippen LogP contribution in [0.4, 0.5) is 0 Å². The molecule has 6 fully saturated rings. The normalized spacial score (nSPS) is 19.5. The van der Waals surface area contributed by atoms with E-state index in [2.05, 4.69) is 168 Å². The number of hydrogen-bond acceptors (Lipinski definition) is 16. The van der Waals surface area contributed by atoms with Gasteiger partial charge in [0.25, 0.3) is 22.7 Å². The summed E-state index contributed by atoms with van der Waals surface area (Å²) in [5.41, 5.74) is 68.4. The molecule has 0 amide bonds. The van der Waals surface area contributed by atoms with Crippen LogP contribution in [0.1, 0.15) is 125 Å². The van der Waals surface area contributed by atoms with Gasteiger partial charge in [-0.3, -0.25) is 22.9 Å². The van der Waals surface area contributed by atoms with Crippen molar-refractivity contribution in [2.45, 2.75) is 127 Å². The van der Waals surface area contributed by atoms with E-state index in [1.165, 1.54) is 115 Å². The number of hydrogen-bond donors (Lipinski definition) is 12. The summed E-state index contributed by atoms with van der Waals surface area (Å²) < 4.78 is 15.1. The number of halogens is 8. The molecule has 6 aliphatic rings. The Bertz CT molecular complexity index is 4290. The zero-order chi connectivity index (χ0) is 89.2. The molecule has 0 heterocycles. The largest absolute Gasteiger partial charge is 0.403 e. The van der Waals surface area contributed by atoms with Crippen LogP contribution in [0.2, 0.25) is 0 Å². The Labute approximate surface area is 773 Å². The van der Waals surface area contributed by atoms with Crippen molar-refractivity contribution in [3.8, 4) is 48.6 Å². The van der Waals surface area contributed by atoms with Crippen LogP contribution in [0.15, 0.2) is 72.8 Å². The van der Waals surface area contributed by atoms with Crippen molar-refractivity contribution in [2.75, 3.05) is 34.9 Å². The lowest BCUT2D eigenvalue weighted by Crippen LogP contribution is -2.28. The van der Waals surface area contributed by atoms with E-state index in [9.17, 15) is 0 Å². The smallest absolute Gasteiger partial charge is 0.377 e. The molecule has 4 aromatic carbocycles. The van der Waals surface area contributed by atoms with E-state index in [-0.39, 0.29) is 20.4 Å². The standard InChI is InChI=1S/C15H12ClN3S.C13H10ClN.2C9H12ClN3S.C8H10ClN3S.2C7H10ClN.C6H8ClN.4CH4N2S/c16-10-19-15(18)20-9-12-6-5-11(7-8-17)13-3-1-2-4-14(12)13;14-9-11-6-5-10(7-8-15)12-3-1-2-4-13(11)12;10-6-13-9(12)14-5-8-3-7(4-8)1-2-11;10-6-13-9(12)14-5-8-2-1-7(8)3-4-11;9-5-12-8(11)13-4-7-3-6(7)1-2-10;8-5-7-3-6(4-7)1-2-9;8-5-7-2-1-6(7)3-4-9;7-4-6-3-5(6)1-2-8;4*2-1(3)4/h1-6,10,18H,7,9H2;1-6H,7,9H2;6-8,12H,1,3-5H2;6-8,12H,1-3,5H2;5-7,11H,1,3-4H2;6-7H,1,3-5H2;6-7H,1-3,5H2;5-6H,1,3-4H2;4*(H4,2,3,4)/p+4. The van der Waals surface area contributed by atoms with Gasteiger partial charge in [0.1, 0.15) is 0 Å². The first-order valence-electron chi connectivity index (χ1n) is 36.4. The van der Waals surface area contributed by atoms with Crippen molar-refractivity contribution in [2.24, 2.45) is 140 Å². The van der Waals surface area contributed by atoms with Crippen molar-refractivity contribution in [3.63, 3.8) is 0 Å². The van der Waals surface area contributed by atoms with E-state index in [4.69, 9.17) is 158 Å². The Hall–Kier alpha value is -7.20. The van der Waals surface area contributed by atoms with Crippen LogP contribution >= 0.6 is 189 Å². The van der Waals surface area contributed by atoms with Gasteiger partial charge in [-0.15, -0.1) is 46.4 Å². The van der Waals surface area contributed by atoms with Crippen LogP contribution in [-0.2, 0) is 24.5 Å². The minimum atomic E-state index is 0.000000000000000222. The highest BCUT2D eigenvalue weighted by Gasteiger charge is 2.38. The second-order valence-electron chi connectivity index (χ2n) is 26.5. The molecule has 4 aromatic rings. The maximum absolute atomic E-state index is 8.88. The summed E-state index contributed by atoms with van der Waals surface area (Å²) in [6.45, 7) is 0. The predicted molar refractivity (Wildman–Crippen MR) is 523 cm³/mol. The van der Waals surface area contributed by atoms with Gasteiger partial charge in [-0.1, -0.05) is 72.8 Å². The van der Waals surface area contributed by atoms with E-state index in [0.717, 1.165) is 104 Å². The molecule has 8 atom stereocenters. The number of thiocarbonyl (C=S) groups is 4. The first-order valence-corrected chi connectivity index (χ1v) is 45.9. The third-order valence-corrected chi connectivity index (χ3v) is 23.9. The van der Waals surface area contributed by atoms with Crippen LogP contribution in [0.25, 0.3) is 21.5 Å². The molecule has 0 saturated heterocycles. The minimum absolute atomic E-state index is 0.000000000000000222. The van der Waals surface area contributed by atoms with Crippen molar-refractivity contribution < 1.29 is 0 Å². The van der Waals surface area contributed by atoms with Crippen LogP contribution in [0.3, 0.4) is 0 Å². The summed E-state index contributed by atoms with van der Waals surface area (Å²) in [5.74, 6) is 14.1. The number of nitrogens with zero attached hydrogens (tertiary/aromatic N) is 12. The zero-order valence-corrected chi connectivity index (χ0v) is 77.7. The van der Waals surface area contributed by atoms with E-state index in [0.29, 0.717) is 148 Å². The summed E-state index contributed by atoms with van der Waals surface area (Å²) in [6, 6.07) is 41.6. The van der Waals surface area contributed by atoms with Gasteiger partial charge in [0.15, 0.2) is 20.4 Å². The Morgan fingerprint density at radius 2 is 0.627 bits per heavy atom. The molecule has 10 rings (SSSR count). The molecule has 6 saturated carbocycles. The van der Waals surface area contributed by atoms with Crippen molar-refractivity contribution >= 4 is 274 Å². The van der Waals surface area contributed by atoms with Gasteiger partial charge >= 0.3 is 20.7 Å². The van der Waals surface area contributed by atoms with Gasteiger partial charge in [-0.05, 0) is 321 Å². The number of thioether (sulfide) groups is 4. The monoisotopic (exact) mass is 1910 g/mol. The summed E-state index contributed by atoms with van der Waals surface area (Å²) in [5, 5.41) is 74.4. The predicted octanol–water partition coefficient (Wildman–Crippen LogP) is 12.8. The maximum atomic E-state index is 8.88. The number of nitrogens with two attached hydrogens (primary N) is 12. The Morgan fingerprint density at radius 1 is 0.331 bits per heavy atom. The lowest BCUT2D eigenvalue weighted by Gasteiger charge is -2.34. The lowest BCUT2D eigenvalue weighted by atomic mass is 9.73. The molecule has 0 spiro atoms. The number of alkyl halides is 4. The number of fused-ring (bicyclic) bond motifs is 2. The molecule has 6 aliphatic carbocycles. The van der Waals surface area contributed by atoms with Crippen molar-refractivity contribution in [1.82, 2.24) is 18.7 Å². The van der Waals surface area contributed by atoms with E-state index in [1.807, 2.05) is 66.7 Å². The summed E-state index contributed by atoms with van der Waals surface area (Å²) in [7, 11) is 0. The van der Waals surface area contributed by atoms with Gasteiger partial charge < -0.3 is 45.9 Å². The van der Waals surface area contributed by atoms with Gasteiger partial charge in [0, 0.05) is 85.1 Å². The quantitative estimate of drug-likeness (QED) is 0.0129. The highest BCUT2D eigenvalue weighted by molar-refractivity contribution is 8.14. The highest BCUT2D eigenvalue weighted by Crippen LogP contribution is 2.44. The molecule has 0 radical (unpaired) electrons. The van der Waals surface area contributed by atoms with Gasteiger partial charge in [0.05, 0.1) is 61.4 Å². The molecular formula is C78H104Cl8N24S8+4. The third kappa shape index (κ3) is 55.6. The number of amidine groups is 4. The molecule has 40 heteroatoms. The van der Waals surface area contributed by atoms with Gasteiger partial charge in [-0.25, -0.2) is 0 Å². The number of nitriles is 8. The van der Waals surface area contributed by atoms with Gasteiger partial charge in [-0.2, -0.15) is 60.8 Å². The lowest BCUT2D eigenvalue weighted by molar-refractivity contribution is 0.205. The fourth-order valence-corrected chi connectivity index (χ4v) is 16.8. The number of rotatable bonds is 20. The average molecular weight is 1920 g/mol. The molecule has 8 unspecified atom stereocenters. The Morgan fingerprint density at radius 3 is 0.958 bits per heavy atom. The van der Waals surface area contributed by atoms with Crippen molar-refractivity contribution in [1.29, 1.82) is 42.1 Å². The fourth-order valence-electron chi connectivity index (χ4n) is 11.5. The SMILES string of the molecule is N#CCC1CC(CCl)C1.N#CCC1CC(CSC(N)=[N+]=CCl)C1.N#CCC1CC1CCl.N#CCC1CC1CSC(N)=[N+]=CCl.N#CCC1CCC1CCl.N#CCC1CCC1CSC(N)=[N+]=CCl.N#CCc1ccc(CCl)c2ccccc12.N#CCc1ccc(CSC(N)=[N+]=CCl)c2ccccc12.NC(N)=S.NC(N)=S.NC(N)=S.NC(N)=S. The topological polar surface area (TPSA) is 559 Å². The van der Waals surface area contributed by atoms with E-state index < -0.39 is 0 Å². The molecule has 24 N–H and O–H groups in total. The molecule has 0 aromatic heterocycles. The Balaban J connectivity index is 0.